The summed E-state index contributed by atoms with van der Waals surface area (Å²) in [5.74, 6) is -0.656. The molecule has 0 fully saturated rings. The van der Waals surface area contributed by atoms with E-state index in [1.54, 1.807) is 30.3 Å². The minimum Gasteiger partial charge on any atom is -0.387 e. The number of nitriles is 1. The normalized spacial score (nSPS) is 11.4. The first-order valence-corrected chi connectivity index (χ1v) is 7.05. The summed E-state index contributed by atoms with van der Waals surface area (Å²) in [6.45, 7) is -0.0141. The summed E-state index contributed by atoms with van der Waals surface area (Å²) in [4.78, 5) is 11.8. The molecule has 2 amide bonds. The van der Waals surface area contributed by atoms with Gasteiger partial charge >= 0.3 is 6.03 Å². The van der Waals surface area contributed by atoms with Gasteiger partial charge in [-0.05, 0) is 35.9 Å². The number of hydrogen-bond donors (Lipinski definition) is 3. The molecular formula is C16H13ClFN3O2. The number of amides is 2. The number of benzene rings is 2. The van der Waals surface area contributed by atoms with Crippen molar-refractivity contribution in [3.05, 3.63) is 64.4 Å². The van der Waals surface area contributed by atoms with Gasteiger partial charge in [0.2, 0.25) is 0 Å². The summed E-state index contributed by atoms with van der Waals surface area (Å²) in [5.41, 5.74) is 0.730. The van der Waals surface area contributed by atoms with E-state index in [1.165, 1.54) is 12.1 Å². The van der Waals surface area contributed by atoms with E-state index in [2.05, 4.69) is 10.6 Å². The molecular weight excluding hydrogens is 321 g/mol. The van der Waals surface area contributed by atoms with Gasteiger partial charge in [-0.15, -0.1) is 0 Å². The molecule has 0 aliphatic rings. The molecule has 0 bridgehead atoms. The summed E-state index contributed by atoms with van der Waals surface area (Å²) in [5, 5.41) is 24.2. The smallest absolute Gasteiger partial charge is 0.319 e. The molecule has 0 radical (unpaired) electrons. The number of nitrogens with zero attached hydrogens (tertiary/aromatic N) is 1. The van der Waals surface area contributed by atoms with Crippen molar-refractivity contribution in [1.82, 2.24) is 5.32 Å². The van der Waals surface area contributed by atoms with Crippen LogP contribution in [0, 0.1) is 17.1 Å². The number of rotatable bonds is 4. The fourth-order valence-electron chi connectivity index (χ4n) is 1.86. The standard InChI is InChI=1S/C16H13ClFN3O2/c17-12-3-1-10(2-4-12)15(22)9-20-16(23)21-13-5-6-14(18)11(7-13)8-19/h1-7,15,22H,9H2,(H2,20,21,23). The molecule has 0 spiro atoms. The van der Waals surface area contributed by atoms with Crippen LogP contribution in [0.4, 0.5) is 14.9 Å². The Morgan fingerprint density at radius 3 is 2.65 bits per heavy atom. The van der Waals surface area contributed by atoms with E-state index in [9.17, 15) is 14.3 Å². The molecule has 7 heteroatoms. The maximum absolute atomic E-state index is 13.2. The van der Waals surface area contributed by atoms with Crippen LogP contribution in [-0.4, -0.2) is 17.7 Å². The number of hydrogen-bond acceptors (Lipinski definition) is 3. The van der Waals surface area contributed by atoms with Crippen LogP contribution in [0.5, 0.6) is 0 Å². The van der Waals surface area contributed by atoms with Gasteiger partial charge in [-0.3, -0.25) is 0 Å². The van der Waals surface area contributed by atoms with E-state index >= 15 is 0 Å². The summed E-state index contributed by atoms with van der Waals surface area (Å²) < 4.78 is 13.2. The van der Waals surface area contributed by atoms with Gasteiger partial charge in [0.15, 0.2) is 0 Å². The molecule has 0 aromatic heterocycles. The van der Waals surface area contributed by atoms with Gasteiger partial charge in [0.25, 0.3) is 0 Å². The topological polar surface area (TPSA) is 85.2 Å². The number of nitrogens with one attached hydrogen (secondary N) is 2. The SMILES string of the molecule is N#Cc1cc(NC(=O)NCC(O)c2ccc(Cl)cc2)ccc1F. The van der Waals surface area contributed by atoms with Crippen molar-refractivity contribution in [2.75, 3.05) is 11.9 Å². The molecule has 2 aromatic carbocycles. The Hall–Kier alpha value is -2.62. The van der Waals surface area contributed by atoms with Gasteiger partial charge in [-0.1, -0.05) is 23.7 Å². The van der Waals surface area contributed by atoms with Crippen molar-refractivity contribution < 1.29 is 14.3 Å². The number of halogens is 2. The maximum atomic E-state index is 13.2. The second-order valence-corrected chi connectivity index (χ2v) is 5.15. The van der Waals surface area contributed by atoms with E-state index in [0.29, 0.717) is 10.6 Å². The molecule has 0 saturated heterocycles. The second-order valence-electron chi connectivity index (χ2n) is 4.71. The third kappa shape index (κ3) is 4.68. The van der Waals surface area contributed by atoms with E-state index < -0.39 is 18.0 Å². The van der Waals surface area contributed by atoms with Crippen molar-refractivity contribution in [2.45, 2.75) is 6.10 Å². The number of aliphatic hydroxyl groups excluding tert-OH is 1. The minimum atomic E-state index is -0.888. The van der Waals surface area contributed by atoms with E-state index in [4.69, 9.17) is 16.9 Å². The van der Waals surface area contributed by atoms with Crippen molar-refractivity contribution >= 4 is 23.3 Å². The molecule has 0 heterocycles. The Morgan fingerprint density at radius 2 is 2.00 bits per heavy atom. The predicted octanol–water partition coefficient (Wildman–Crippen LogP) is 3.21. The van der Waals surface area contributed by atoms with Gasteiger partial charge in [0.05, 0.1) is 11.7 Å². The van der Waals surface area contributed by atoms with Gasteiger partial charge in [-0.25, -0.2) is 9.18 Å². The summed E-state index contributed by atoms with van der Waals surface area (Å²) in [6, 6.07) is 11.4. The average molecular weight is 334 g/mol. The molecule has 1 atom stereocenters. The summed E-state index contributed by atoms with van der Waals surface area (Å²) in [7, 11) is 0. The second kappa shape index (κ2) is 7.58. The lowest BCUT2D eigenvalue weighted by atomic mass is 10.1. The highest BCUT2D eigenvalue weighted by atomic mass is 35.5. The van der Waals surface area contributed by atoms with Gasteiger partial charge in [-0.2, -0.15) is 5.26 Å². The predicted molar refractivity (Wildman–Crippen MR) is 84.5 cm³/mol. The van der Waals surface area contributed by atoms with Crippen LogP contribution in [0.1, 0.15) is 17.2 Å². The fraction of sp³-hybridized carbons (Fsp3) is 0.125. The first kappa shape index (κ1) is 16.7. The zero-order valence-corrected chi connectivity index (χ0v) is 12.6. The Morgan fingerprint density at radius 1 is 1.30 bits per heavy atom. The molecule has 3 N–H and O–H groups in total. The van der Waals surface area contributed by atoms with Crippen molar-refractivity contribution in [2.24, 2.45) is 0 Å². The molecule has 0 aliphatic heterocycles. The molecule has 2 rings (SSSR count). The van der Waals surface area contributed by atoms with Crippen molar-refractivity contribution in [3.8, 4) is 6.07 Å². The highest BCUT2D eigenvalue weighted by Crippen LogP contribution is 2.16. The van der Waals surface area contributed by atoms with Crippen LogP contribution in [0.2, 0.25) is 5.02 Å². The lowest BCUT2D eigenvalue weighted by Gasteiger charge is -2.13. The Kier molecular flexibility index (Phi) is 5.52. The number of anilines is 1. The average Bonchev–Trinajstić information content (AvgIpc) is 2.55. The molecule has 23 heavy (non-hydrogen) atoms. The van der Waals surface area contributed by atoms with E-state index in [1.807, 2.05) is 0 Å². The van der Waals surface area contributed by atoms with Gasteiger partial charge < -0.3 is 15.7 Å². The number of carbonyl (C=O) groups excluding carboxylic acids is 1. The Bertz CT molecular complexity index is 744. The fourth-order valence-corrected chi connectivity index (χ4v) is 1.98. The highest BCUT2D eigenvalue weighted by Gasteiger charge is 2.10. The van der Waals surface area contributed by atoms with Crippen molar-refractivity contribution in [1.29, 1.82) is 5.26 Å². The van der Waals surface area contributed by atoms with Crippen LogP contribution in [-0.2, 0) is 0 Å². The van der Waals surface area contributed by atoms with Gasteiger partial charge in [0.1, 0.15) is 11.9 Å². The third-order valence-electron chi connectivity index (χ3n) is 3.06. The largest absolute Gasteiger partial charge is 0.387 e. The lowest BCUT2D eigenvalue weighted by molar-refractivity contribution is 0.175. The molecule has 1 unspecified atom stereocenters. The van der Waals surface area contributed by atoms with Crippen LogP contribution >= 0.6 is 11.6 Å². The summed E-state index contributed by atoms with van der Waals surface area (Å²) >= 11 is 5.76. The number of urea groups is 1. The maximum Gasteiger partial charge on any atom is 0.319 e. The summed E-state index contributed by atoms with van der Waals surface area (Å²) in [6.07, 6.45) is -0.888. The first-order valence-electron chi connectivity index (χ1n) is 6.67. The zero-order valence-electron chi connectivity index (χ0n) is 11.9. The number of aliphatic hydroxyl groups is 1. The zero-order chi connectivity index (χ0) is 16.8. The molecule has 5 nitrogen and oxygen atoms in total. The Balaban J connectivity index is 1.90. The first-order chi connectivity index (χ1) is 11.0. The Labute approximate surface area is 137 Å². The van der Waals surface area contributed by atoms with Crippen LogP contribution in [0.3, 0.4) is 0 Å². The van der Waals surface area contributed by atoms with Crippen LogP contribution in [0.15, 0.2) is 42.5 Å². The molecule has 0 aliphatic carbocycles. The van der Waals surface area contributed by atoms with E-state index in [-0.39, 0.29) is 17.8 Å². The number of carbonyl (C=O) groups is 1. The van der Waals surface area contributed by atoms with Crippen LogP contribution in [0.25, 0.3) is 0 Å². The monoisotopic (exact) mass is 333 g/mol. The van der Waals surface area contributed by atoms with E-state index in [0.717, 1.165) is 6.07 Å². The quantitative estimate of drug-likeness (QED) is 0.803. The van der Waals surface area contributed by atoms with Crippen molar-refractivity contribution in [3.63, 3.8) is 0 Å². The highest BCUT2D eigenvalue weighted by molar-refractivity contribution is 6.30. The molecule has 118 valence electrons. The minimum absolute atomic E-state index is 0.0141. The third-order valence-corrected chi connectivity index (χ3v) is 3.31. The van der Waals surface area contributed by atoms with Crippen LogP contribution < -0.4 is 10.6 Å². The molecule has 0 saturated carbocycles. The van der Waals surface area contributed by atoms with Gasteiger partial charge in [0, 0.05) is 17.3 Å². The molecule has 2 aromatic rings. The lowest BCUT2D eigenvalue weighted by Crippen LogP contribution is -2.32.